The highest BCUT2D eigenvalue weighted by atomic mass is 16.5. The Morgan fingerprint density at radius 3 is 2.95 bits per heavy atom. The number of benzene rings is 1. The van der Waals surface area contributed by atoms with E-state index in [1.807, 2.05) is 31.2 Å². The van der Waals surface area contributed by atoms with E-state index in [1.165, 1.54) is 18.4 Å². The summed E-state index contributed by atoms with van der Waals surface area (Å²) in [6, 6.07) is 7.75. The Morgan fingerprint density at radius 1 is 1.40 bits per heavy atom. The number of rotatable bonds is 5. The molecule has 1 aromatic carbocycles. The predicted octanol–water partition coefficient (Wildman–Crippen LogP) is 3.38. The van der Waals surface area contributed by atoms with Crippen LogP contribution in [0.3, 0.4) is 0 Å². The average molecular weight is 273 g/mol. The lowest BCUT2D eigenvalue weighted by molar-refractivity contribution is -0.127. The van der Waals surface area contributed by atoms with E-state index in [-0.39, 0.29) is 5.91 Å². The Balaban J connectivity index is 1.81. The largest absolute Gasteiger partial charge is 0.481 e. The number of nitrogens with one attached hydrogen (secondary N) is 1. The quantitative estimate of drug-likeness (QED) is 0.835. The number of carbonyl (C=O) groups is 1. The maximum Gasteiger partial charge on any atom is 0.261 e. The van der Waals surface area contributed by atoms with E-state index in [4.69, 9.17) is 4.74 Å². The Bertz CT molecular complexity index is 494. The van der Waals surface area contributed by atoms with Crippen molar-refractivity contribution in [1.82, 2.24) is 5.32 Å². The maximum absolute atomic E-state index is 12.0. The summed E-state index contributed by atoms with van der Waals surface area (Å²) in [7, 11) is 0. The van der Waals surface area contributed by atoms with Crippen LogP contribution in [0.5, 0.6) is 5.75 Å². The fourth-order valence-corrected chi connectivity index (χ4v) is 2.36. The first-order valence-corrected chi connectivity index (χ1v) is 7.34. The molecule has 1 aromatic rings. The van der Waals surface area contributed by atoms with Gasteiger partial charge in [-0.1, -0.05) is 23.8 Å². The van der Waals surface area contributed by atoms with Gasteiger partial charge in [-0.3, -0.25) is 4.79 Å². The number of amides is 1. The third-order valence-electron chi connectivity index (χ3n) is 3.55. The minimum Gasteiger partial charge on any atom is -0.481 e. The van der Waals surface area contributed by atoms with Gasteiger partial charge in [-0.25, -0.2) is 0 Å². The zero-order valence-corrected chi connectivity index (χ0v) is 12.3. The molecule has 1 aliphatic rings. The van der Waals surface area contributed by atoms with E-state index in [2.05, 4.69) is 11.4 Å². The number of ether oxygens (including phenoxy) is 1. The van der Waals surface area contributed by atoms with Crippen LogP contribution in [0.15, 0.2) is 35.9 Å². The van der Waals surface area contributed by atoms with E-state index in [1.54, 1.807) is 6.92 Å². The summed E-state index contributed by atoms with van der Waals surface area (Å²) in [5, 5.41) is 2.95. The normalized spacial score (nSPS) is 16.2. The number of allylic oxidation sites excluding steroid dienone is 1. The molecule has 0 spiro atoms. The second kappa shape index (κ2) is 7.13. The summed E-state index contributed by atoms with van der Waals surface area (Å²) >= 11 is 0. The second-order valence-corrected chi connectivity index (χ2v) is 5.40. The van der Waals surface area contributed by atoms with Gasteiger partial charge in [0.15, 0.2) is 6.10 Å². The molecule has 0 fully saturated rings. The lowest BCUT2D eigenvalue weighted by atomic mass is 10.00. The van der Waals surface area contributed by atoms with Crippen molar-refractivity contribution < 1.29 is 9.53 Å². The summed E-state index contributed by atoms with van der Waals surface area (Å²) in [5.74, 6) is 0.683. The van der Waals surface area contributed by atoms with Crippen molar-refractivity contribution in [3.63, 3.8) is 0 Å². The van der Waals surface area contributed by atoms with Crippen LogP contribution < -0.4 is 10.1 Å². The van der Waals surface area contributed by atoms with Crippen molar-refractivity contribution in [2.75, 3.05) is 6.54 Å². The first-order chi connectivity index (χ1) is 9.65. The van der Waals surface area contributed by atoms with Gasteiger partial charge in [-0.2, -0.15) is 0 Å². The van der Waals surface area contributed by atoms with Crippen molar-refractivity contribution in [3.8, 4) is 5.75 Å². The molecule has 0 radical (unpaired) electrons. The first-order valence-electron chi connectivity index (χ1n) is 7.34. The number of hydrogen-bond acceptors (Lipinski definition) is 2. The van der Waals surface area contributed by atoms with Crippen molar-refractivity contribution in [3.05, 3.63) is 41.5 Å². The summed E-state index contributed by atoms with van der Waals surface area (Å²) < 4.78 is 5.67. The van der Waals surface area contributed by atoms with E-state index >= 15 is 0 Å². The smallest absolute Gasteiger partial charge is 0.261 e. The molecule has 0 heterocycles. The molecule has 2 rings (SSSR count). The summed E-state index contributed by atoms with van der Waals surface area (Å²) in [6.07, 6.45) is 6.52. The van der Waals surface area contributed by atoms with Crippen molar-refractivity contribution in [2.45, 2.75) is 45.6 Å². The molecule has 3 nitrogen and oxygen atoms in total. The lowest BCUT2D eigenvalue weighted by Crippen LogP contribution is -2.37. The molecule has 0 bridgehead atoms. The Kier molecular flexibility index (Phi) is 5.22. The van der Waals surface area contributed by atoms with Gasteiger partial charge in [0.05, 0.1) is 0 Å². The first kappa shape index (κ1) is 14.6. The molecular weight excluding hydrogens is 250 g/mol. The summed E-state index contributed by atoms with van der Waals surface area (Å²) in [6.45, 7) is 4.44. The van der Waals surface area contributed by atoms with E-state index in [9.17, 15) is 4.79 Å². The number of hydrogen-bond donors (Lipinski definition) is 1. The van der Waals surface area contributed by atoms with Crippen LogP contribution >= 0.6 is 0 Å². The number of aryl methyl sites for hydroxylation is 1. The molecule has 1 N–H and O–H groups in total. The highest BCUT2D eigenvalue weighted by molar-refractivity contribution is 5.80. The zero-order chi connectivity index (χ0) is 14.4. The van der Waals surface area contributed by atoms with Crippen molar-refractivity contribution in [2.24, 2.45) is 0 Å². The van der Waals surface area contributed by atoms with E-state index in [0.29, 0.717) is 6.54 Å². The van der Waals surface area contributed by atoms with E-state index < -0.39 is 6.10 Å². The molecule has 1 aliphatic carbocycles. The van der Waals surface area contributed by atoms with Gasteiger partial charge < -0.3 is 10.1 Å². The third kappa shape index (κ3) is 4.41. The zero-order valence-electron chi connectivity index (χ0n) is 12.3. The standard InChI is InChI=1S/C17H23NO2/c1-13-7-6-10-16(11-13)20-14(2)17(19)18-12-15-8-4-3-5-9-15/h6-8,10-11,14H,3-5,9,12H2,1-2H3,(H,18,19)/t14-/m0/s1. The molecule has 0 saturated carbocycles. The lowest BCUT2D eigenvalue weighted by Gasteiger charge is -2.17. The van der Waals surface area contributed by atoms with Crippen LogP contribution in [0.1, 0.15) is 38.2 Å². The predicted molar refractivity (Wildman–Crippen MR) is 80.8 cm³/mol. The molecule has 3 heteroatoms. The third-order valence-corrected chi connectivity index (χ3v) is 3.55. The second-order valence-electron chi connectivity index (χ2n) is 5.40. The van der Waals surface area contributed by atoms with Crippen LogP contribution in [0, 0.1) is 6.92 Å². The minimum atomic E-state index is -0.471. The number of carbonyl (C=O) groups excluding carboxylic acids is 1. The van der Waals surface area contributed by atoms with E-state index in [0.717, 1.165) is 24.2 Å². The maximum atomic E-state index is 12.0. The van der Waals surface area contributed by atoms with Gasteiger partial charge in [0.25, 0.3) is 5.91 Å². The van der Waals surface area contributed by atoms with Crippen LogP contribution in [-0.2, 0) is 4.79 Å². The molecule has 1 atom stereocenters. The molecular formula is C17H23NO2. The van der Waals surface area contributed by atoms with Crippen LogP contribution in [0.4, 0.5) is 0 Å². The van der Waals surface area contributed by atoms with Crippen LogP contribution in [0.2, 0.25) is 0 Å². The average Bonchev–Trinajstić information content (AvgIpc) is 2.46. The monoisotopic (exact) mass is 273 g/mol. The topological polar surface area (TPSA) is 38.3 Å². The van der Waals surface area contributed by atoms with Gasteiger partial charge in [-0.05, 0) is 57.2 Å². The molecule has 0 aromatic heterocycles. The highest BCUT2D eigenvalue weighted by Gasteiger charge is 2.15. The Hall–Kier alpha value is -1.77. The van der Waals surface area contributed by atoms with Gasteiger partial charge in [-0.15, -0.1) is 0 Å². The molecule has 0 aliphatic heterocycles. The Labute approximate surface area is 121 Å². The van der Waals surface area contributed by atoms with Gasteiger partial charge >= 0.3 is 0 Å². The Morgan fingerprint density at radius 2 is 2.25 bits per heavy atom. The fourth-order valence-electron chi connectivity index (χ4n) is 2.36. The van der Waals surface area contributed by atoms with Crippen molar-refractivity contribution >= 4 is 5.91 Å². The van der Waals surface area contributed by atoms with Gasteiger partial charge in [0.2, 0.25) is 0 Å². The van der Waals surface area contributed by atoms with Crippen LogP contribution in [-0.4, -0.2) is 18.6 Å². The van der Waals surface area contributed by atoms with Gasteiger partial charge in [0.1, 0.15) is 5.75 Å². The SMILES string of the molecule is Cc1cccc(O[C@@H](C)C(=O)NCC2=CCCCC2)c1. The summed E-state index contributed by atoms with van der Waals surface area (Å²) in [5.41, 5.74) is 2.47. The minimum absolute atomic E-state index is 0.0574. The molecule has 1 amide bonds. The fraction of sp³-hybridized carbons (Fsp3) is 0.471. The highest BCUT2D eigenvalue weighted by Crippen LogP contribution is 2.17. The molecule has 20 heavy (non-hydrogen) atoms. The molecule has 0 saturated heterocycles. The molecule has 0 unspecified atom stereocenters. The molecule has 108 valence electrons. The van der Waals surface area contributed by atoms with Crippen LogP contribution in [0.25, 0.3) is 0 Å². The summed E-state index contributed by atoms with van der Waals surface area (Å²) in [4.78, 5) is 12.0. The van der Waals surface area contributed by atoms with Gasteiger partial charge in [0, 0.05) is 6.54 Å². The van der Waals surface area contributed by atoms with Crippen molar-refractivity contribution in [1.29, 1.82) is 0 Å².